The van der Waals surface area contributed by atoms with Crippen LogP contribution in [0.1, 0.15) is 31.7 Å². The molecule has 1 aromatic carbocycles. The highest BCUT2D eigenvalue weighted by molar-refractivity contribution is 5.82. The number of nitriles is 2. The van der Waals surface area contributed by atoms with Gasteiger partial charge in [-0.2, -0.15) is 10.5 Å². The second-order valence-electron chi connectivity index (χ2n) is 5.29. The number of carbonyl (C=O) groups excluding carboxylic acids is 1. The van der Waals surface area contributed by atoms with E-state index in [1.54, 1.807) is 38.2 Å². The van der Waals surface area contributed by atoms with Gasteiger partial charge < -0.3 is 9.64 Å². The first-order chi connectivity index (χ1) is 10.0. The van der Waals surface area contributed by atoms with Crippen molar-refractivity contribution in [1.29, 1.82) is 10.5 Å². The molecule has 1 aromatic rings. The molecule has 1 atom stereocenters. The van der Waals surface area contributed by atoms with E-state index in [2.05, 4.69) is 6.07 Å². The quantitative estimate of drug-likeness (QED) is 0.849. The number of likely N-dealkylation sites (N-methyl/N-ethyl adjacent to an activating group) is 1. The predicted octanol–water partition coefficient (Wildman–Crippen LogP) is 2.23. The normalized spacial score (nSPS) is 16.8. The monoisotopic (exact) mass is 283 g/mol. The Bertz CT molecular complexity index is 606. The molecule has 1 aliphatic carbocycles. The Labute approximate surface area is 124 Å². The largest absolute Gasteiger partial charge is 0.481 e. The van der Waals surface area contributed by atoms with Gasteiger partial charge in [0, 0.05) is 7.05 Å². The smallest absolute Gasteiger partial charge is 0.264 e. The van der Waals surface area contributed by atoms with E-state index in [9.17, 15) is 10.1 Å². The number of hydrogen-bond acceptors (Lipinski definition) is 4. The van der Waals surface area contributed by atoms with Crippen LogP contribution in [0.15, 0.2) is 24.3 Å². The summed E-state index contributed by atoms with van der Waals surface area (Å²) in [5.41, 5.74) is -0.129. The second kappa shape index (κ2) is 5.85. The van der Waals surface area contributed by atoms with Gasteiger partial charge in [0.1, 0.15) is 11.3 Å². The van der Waals surface area contributed by atoms with E-state index in [1.165, 1.54) is 4.90 Å². The first kappa shape index (κ1) is 14.9. The Balaban J connectivity index is 2.02. The number of hydrogen-bond donors (Lipinski definition) is 0. The average molecular weight is 283 g/mol. The lowest BCUT2D eigenvalue weighted by atomic mass is 9.76. The number of carbonyl (C=O) groups is 1. The second-order valence-corrected chi connectivity index (χ2v) is 5.29. The van der Waals surface area contributed by atoms with Crippen LogP contribution in [0.2, 0.25) is 0 Å². The van der Waals surface area contributed by atoms with Crippen LogP contribution in [0.4, 0.5) is 0 Å². The molecule has 0 aliphatic heterocycles. The molecule has 0 saturated heterocycles. The third-order valence-electron chi connectivity index (χ3n) is 4.01. The van der Waals surface area contributed by atoms with Crippen molar-refractivity contribution in [3.05, 3.63) is 29.8 Å². The van der Waals surface area contributed by atoms with Crippen molar-refractivity contribution in [3.8, 4) is 17.9 Å². The average Bonchev–Trinajstić information content (AvgIpc) is 2.46. The molecule has 0 aromatic heterocycles. The highest BCUT2D eigenvalue weighted by Crippen LogP contribution is 2.36. The molecule has 0 heterocycles. The fraction of sp³-hybridized carbons (Fsp3) is 0.438. The van der Waals surface area contributed by atoms with Crippen LogP contribution in [-0.4, -0.2) is 29.5 Å². The minimum Gasteiger partial charge on any atom is -0.481 e. The minimum absolute atomic E-state index is 0.208. The van der Waals surface area contributed by atoms with E-state index in [0.717, 1.165) is 19.3 Å². The van der Waals surface area contributed by atoms with Crippen LogP contribution < -0.4 is 4.74 Å². The summed E-state index contributed by atoms with van der Waals surface area (Å²) in [5, 5.41) is 18.0. The van der Waals surface area contributed by atoms with E-state index < -0.39 is 11.6 Å². The molecule has 2 rings (SSSR count). The summed E-state index contributed by atoms with van der Waals surface area (Å²) in [6.45, 7) is 1.67. The molecule has 0 unspecified atom stereocenters. The Hall–Kier alpha value is -2.53. The predicted molar refractivity (Wildman–Crippen MR) is 76.2 cm³/mol. The van der Waals surface area contributed by atoms with Gasteiger partial charge in [-0.25, -0.2) is 0 Å². The van der Waals surface area contributed by atoms with Crippen LogP contribution in [0.25, 0.3) is 0 Å². The van der Waals surface area contributed by atoms with E-state index in [0.29, 0.717) is 11.3 Å². The van der Waals surface area contributed by atoms with Gasteiger partial charge in [-0.3, -0.25) is 4.79 Å². The molecule has 0 spiro atoms. The summed E-state index contributed by atoms with van der Waals surface area (Å²) in [4.78, 5) is 13.9. The van der Waals surface area contributed by atoms with Gasteiger partial charge in [-0.1, -0.05) is 0 Å². The zero-order chi connectivity index (χ0) is 15.5. The van der Waals surface area contributed by atoms with Crippen LogP contribution in [0.3, 0.4) is 0 Å². The van der Waals surface area contributed by atoms with Crippen LogP contribution in [0, 0.1) is 22.7 Å². The maximum Gasteiger partial charge on any atom is 0.264 e. The van der Waals surface area contributed by atoms with Crippen molar-refractivity contribution in [2.45, 2.75) is 37.8 Å². The fourth-order valence-electron chi connectivity index (χ4n) is 2.38. The van der Waals surface area contributed by atoms with Gasteiger partial charge >= 0.3 is 0 Å². The summed E-state index contributed by atoms with van der Waals surface area (Å²) < 4.78 is 5.59. The third kappa shape index (κ3) is 2.83. The van der Waals surface area contributed by atoms with Crippen molar-refractivity contribution < 1.29 is 9.53 Å². The number of benzene rings is 1. The molecule has 0 N–H and O–H groups in total. The maximum absolute atomic E-state index is 12.4. The summed E-state index contributed by atoms with van der Waals surface area (Å²) >= 11 is 0. The number of amides is 1. The van der Waals surface area contributed by atoms with Crippen LogP contribution >= 0.6 is 0 Å². The Morgan fingerprint density at radius 1 is 1.33 bits per heavy atom. The van der Waals surface area contributed by atoms with Gasteiger partial charge in [0.05, 0.1) is 17.7 Å². The lowest BCUT2D eigenvalue weighted by Crippen LogP contribution is -2.56. The molecular weight excluding hydrogens is 266 g/mol. The highest BCUT2D eigenvalue weighted by Gasteiger charge is 2.44. The number of nitrogens with zero attached hydrogens (tertiary/aromatic N) is 3. The molecule has 1 aliphatic rings. The molecule has 0 radical (unpaired) electrons. The summed E-state index contributed by atoms with van der Waals surface area (Å²) in [6.07, 6.45) is 1.73. The van der Waals surface area contributed by atoms with Gasteiger partial charge in [-0.15, -0.1) is 0 Å². The van der Waals surface area contributed by atoms with Crippen LogP contribution in [-0.2, 0) is 4.79 Å². The lowest BCUT2D eigenvalue weighted by Gasteiger charge is -2.43. The Morgan fingerprint density at radius 2 is 1.95 bits per heavy atom. The van der Waals surface area contributed by atoms with Gasteiger partial charge in [0.2, 0.25) is 0 Å². The van der Waals surface area contributed by atoms with E-state index in [1.807, 2.05) is 6.07 Å². The first-order valence-electron chi connectivity index (χ1n) is 6.88. The molecular formula is C16H17N3O2. The molecule has 108 valence electrons. The molecule has 0 bridgehead atoms. The molecule has 1 fully saturated rings. The third-order valence-corrected chi connectivity index (χ3v) is 4.01. The van der Waals surface area contributed by atoms with E-state index >= 15 is 0 Å². The first-order valence-corrected chi connectivity index (χ1v) is 6.88. The zero-order valence-corrected chi connectivity index (χ0v) is 12.2. The van der Waals surface area contributed by atoms with Crippen molar-refractivity contribution in [1.82, 2.24) is 4.90 Å². The topological polar surface area (TPSA) is 77.1 Å². The van der Waals surface area contributed by atoms with Gasteiger partial charge in [0.25, 0.3) is 5.91 Å². The Morgan fingerprint density at radius 3 is 2.38 bits per heavy atom. The minimum atomic E-state index is -0.672. The Kier molecular flexibility index (Phi) is 4.14. The maximum atomic E-state index is 12.4. The van der Waals surface area contributed by atoms with Gasteiger partial charge in [-0.05, 0) is 50.5 Å². The molecule has 21 heavy (non-hydrogen) atoms. The molecule has 1 amide bonds. The fourth-order valence-corrected chi connectivity index (χ4v) is 2.38. The number of ether oxygens (including phenoxy) is 1. The SMILES string of the molecule is C[C@H](Oc1ccc(C#N)cc1)C(=O)N(C)C1(C#N)CCC1. The molecule has 5 heteroatoms. The summed E-state index contributed by atoms with van der Waals surface area (Å²) in [6, 6.07) is 10.9. The standard InChI is InChI=1S/C16H17N3O2/c1-12(21-14-6-4-13(10-17)5-7-14)15(20)19(2)16(11-18)8-3-9-16/h4-7,12H,3,8-9H2,1-2H3/t12-/m0/s1. The molecule has 5 nitrogen and oxygen atoms in total. The number of rotatable bonds is 4. The zero-order valence-electron chi connectivity index (χ0n) is 12.2. The van der Waals surface area contributed by atoms with Crippen molar-refractivity contribution in [3.63, 3.8) is 0 Å². The van der Waals surface area contributed by atoms with Gasteiger partial charge in [0.15, 0.2) is 6.10 Å². The van der Waals surface area contributed by atoms with Crippen molar-refractivity contribution in [2.75, 3.05) is 7.05 Å². The van der Waals surface area contributed by atoms with E-state index in [4.69, 9.17) is 10.00 Å². The molecule has 1 saturated carbocycles. The lowest BCUT2D eigenvalue weighted by molar-refractivity contribution is -0.143. The van der Waals surface area contributed by atoms with Crippen molar-refractivity contribution >= 4 is 5.91 Å². The van der Waals surface area contributed by atoms with Crippen LogP contribution in [0.5, 0.6) is 5.75 Å². The van der Waals surface area contributed by atoms with E-state index in [-0.39, 0.29) is 5.91 Å². The summed E-state index contributed by atoms with van der Waals surface area (Å²) in [7, 11) is 1.66. The van der Waals surface area contributed by atoms with Crippen molar-refractivity contribution in [2.24, 2.45) is 0 Å². The highest BCUT2D eigenvalue weighted by atomic mass is 16.5. The summed E-state index contributed by atoms with van der Waals surface area (Å²) in [5.74, 6) is 0.323.